The summed E-state index contributed by atoms with van der Waals surface area (Å²) in [5.74, 6) is -0.734. The number of aliphatic hydroxyl groups excluding tert-OH is 1. The summed E-state index contributed by atoms with van der Waals surface area (Å²) in [5.41, 5.74) is 0.508. The van der Waals surface area contributed by atoms with Crippen LogP contribution in [0, 0.1) is 16.0 Å². The third kappa shape index (κ3) is 4.56. The molecule has 10 nitrogen and oxygen atoms in total. The van der Waals surface area contributed by atoms with Crippen molar-refractivity contribution in [3.63, 3.8) is 0 Å². The Morgan fingerprint density at radius 1 is 1.18 bits per heavy atom. The number of anilines is 2. The van der Waals surface area contributed by atoms with Crippen LogP contribution in [0.2, 0.25) is 18.6 Å². The lowest BCUT2D eigenvalue weighted by Gasteiger charge is -2.32. The molecule has 39 heavy (non-hydrogen) atoms. The summed E-state index contributed by atoms with van der Waals surface area (Å²) in [6, 6.07) is 11.9. The van der Waals surface area contributed by atoms with E-state index in [1.54, 1.807) is 29.0 Å². The standard InChI is InChI=1S/C28H35N3O7Si/c1-18-26(39(2,3)37)24(12-14-32)38-28(18)22-16-21(31(35)36)10-11-23(22)30(27(28)34)17-19-7-6-8-20(15-19)29-13-5-4-9-25(29)33/h6-8,10-11,15-16,18,24,26,32,37H,4-5,9,12-14,17H2,1-3H3/t18-,24+,26-,28+/m1/s1. The number of hydrogen-bond donors (Lipinski definition) is 2. The molecule has 0 aromatic heterocycles. The first-order valence-electron chi connectivity index (χ1n) is 13.5. The SMILES string of the molecule is C[C@@H]1[C@@H]([Si](C)(C)O)[C@H](CCO)O[C@@]12C(=O)N(Cc1cccc(N3CCCCC3=O)c1)c1ccc([N+](=O)[O-])cc12. The number of benzene rings is 2. The van der Waals surface area contributed by atoms with Gasteiger partial charge in [0.05, 0.1) is 23.3 Å². The van der Waals surface area contributed by atoms with Gasteiger partial charge in [-0.2, -0.15) is 0 Å². The van der Waals surface area contributed by atoms with Crippen LogP contribution in [0.1, 0.15) is 43.7 Å². The third-order valence-electron chi connectivity index (χ3n) is 8.48. The Hall–Kier alpha value is -3.12. The Labute approximate surface area is 228 Å². The molecule has 2 fully saturated rings. The van der Waals surface area contributed by atoms with Crippen molar-refractivity contribution in [3.8, 4) is 0 Å². The average molecular weight is 554 g/mol. The van der Waals surface area contributed by atoms with Gasteiger partial charge in [0.1, 0.15) is 0 Å². The van der Waals surface area contributed by atoms with Gasteiger partial charge in [-0.1, -0.05) is 19.1 Å². The lowest BCUT2D eigenvalue weighted by molar-refractivity contribution is -0.385. The fraction of sp³-hybridized carbons (Fsp3) is 0.500. The van der Waals surface area contributed by atoms with E-state index in [1.807, 2.05) is 31.2 Å². The first-order chi connectivity index (χ1) is 18.5. The number of aliphatic hydroxyl groups is 1. The van der Waals surface area contributed by atoms with E-state index < -0.39 is 30.9 Å². The van der Waals surface area contributed by atoms with Gasteiger partial charge in [0.2, 0.25) is 5.91 Å². The molecule has 3 aliphatic heterocycles. The zero-order valence-electron chi connectivity index (χ0n) is 22.5. The van der Waals surface area contributed by atoms with Gasteiger partial charge >= 0.3 is 0 Å². The lowest BCUT2D eigenvalue weighted by atomic mass is 9.82. The number of amides is 2. The predicted octanol–water partition coefficient (Wildman–Crippen LogP) is 3.84. The Morgan fingerprint density at radius 2 is 1.95 bits per heavy atom. The van der Waals surface area contributed by atoms with Gasteiger partial charge in [-0.3, -0.25) is 19.7 Å². The Bertz CT molecular complexity index is 1310. The van der Waals surface area contributed by atoms with Crippen molar-refractivity contribution in [3.05, 3.63) is 63.7 Å². The number of carbonyl (C=O) groups is 2. The highest BCUT2D eigenvalue weighted by Crippen LogP contribution is 2.60. The summed E-state index contributed by atoms with van der Waals surface area (Å²) in [6.45, 7) is 6.11. The van der Waals surface area contributed by atoms with Gasteiger partial charge in [-0.15, -0.1) is 0 Å². The van der Waals surface area contributed by atoms with Crippen molar-refractivity contribution in [1.82, 2.24) is 0 Å². The van der Waals surface area contributed by atoms with Crippen molar-refractivity contribution in [2.24, 2.45) is 5.92 Å². The second kappa shape index (κ2) is 10.1. The molecule has 5 rings (SSSR count). The monoisotopic (exact) mass is 553 g/mol. The van der Waals surface area contributed by atoms with Gasteiger partial charge in [0.15, 0.2) is 13.9 Å². The summed E-state index contributed by atoms with van der Waals surface area (Å²) >= 11 is 0. The van der Waals surface area contributed by atoms with Crippen molar-refractivity contribution in [2.75, 3.05) is 23.0 Å². The predicted molar refractivity (Wildman–Crippen MR) is 148 cm³/mol. The minimum atomic E-state index is -2.88. The molecule has 3 heterocycles. The molecule has 0 radical (unpaired) electrons. The van der Waals surface area contributed by atoms with Crippen LogP contribution in [-0.2, 0) is 26.5 Å². The van der Waals surface area contributed by atoms with Crippen molar-refractivity contribution < 1.29 is 29.2 Å². The van der Waals surface area contributed by atoms with Crippen LogP contribution in [0.25, 0.3) is 0 Å². The number of rotatable bonds is 7. The molecular weight excluding hydrogens is 518 g/mol. The van der Waals surface area contributed by atoms with E-state index in [0.717, 1.165) is 24.1 Å². The van der Waals surface area contributed by atoms with E-state index in [1.165, 1.54) is 12.1 Å². The maximum atomic E-state index is 14.4. The minimum absolute atomic E-state index is 0.0807. The van der Waals surface area contributed by atoms with Gasteiger partial charge in [-0.25, -0.2) is 0 Å². The lowest BCUT2D eigenvalue weighted by Crippen LogP contribution is -2.46. The van der Waals surface area contributed by atoms with Crippen LogP contribution < -0.4 is 9.80 Å². The van der Waals surface area contributed by atoms with Gasteiger partial charge in [0.25, 0.3) is 11.6 Å². The maximum Gasteiger partial charge on any atom is 0.269 e. The Morgan fingerprint density at radius 3 is 2.62 bits per heavy atom. The van der Waals surface area contributed by atoms with E-state index >= 15 is 0 Å². The van der Waals surface area contributed by atoms with Crippen LogP contribution in [0.5, 0.6) is 0 Å². The summed E-state index contributed by atoms with van der Waals surface area (Å²) in [5, 5.41) is 21.5. The van der Waals surface area contributed by atoms with E-state index in [9.17, 15) is 29.6 Å². The van der Waals surface area contributed by atoms with Crippen LogP contribution >= 0.6 is 0 Å². The quantitative estimate of drug-likeness (QED) is 0.302. The molecule has 2 saturated heterocycles. The van der Waals surface area contributed by atoms with Crippen LogP contribution in [0.3, 0.4) is 0 Å². The van der Waals surface area contributed by atoms with Gasteiger partial charge in [0, 0.05) is 54.4 Å². The zero-order valence-corrected chi connectivity index (χ0v) is 23.5. The molecule has 0 aliphatic carbocycles. The van der Waals surface area contributed by atoms with E-state index in [4.69, 9.17) is 4.74 Å². The molecule has 0 unspecified atom stereocenters. The first kappa shape index (κ1) is 27.4. The number of fused-ring (bicyclic) bond motifs is 2. The molecule has 2 aromatic rings. The highest BCUT2D eigenvalue weighted by molar-refractivity contribution is 6.71. The zero-order chi connectivity index (χ0) is 28.1. The average Bonchev–Trinajstić information content (AvgIpc) is 3.31. The normalized spacial score (nSPS) is 26.9. The number of nitro benzene ring substituents is 1. The molecule has 208 valence electrons. The van der Waals surface area contributed by atoms with Gasteiger partial charge < -0.3 is 24.4 Å². The second-order valence-electron chi connectivity index (χ2n) is 11.4. The molecule has 0 bridgehead atoms. The number of non-ortho nitro benzene ring substituents is 1. The molecule has 0 saturated carbocycles. The summed E-state index contributed by atoms with van der Waals surface area (Å²) in [6.07, 6.45) is 2.01. The summed E-state index contributed by atoms with van der Waals surface area (Å²) < 4.78 is 6.52. The molecule has 2 N–H and O–H groups in total. The first-order valence-corrected chi connectivity index (χ1v) is 16.5. The number of hydrogen-bond acceptors (Lipinski definition) is 7. The highest BCUT2D eigenvalue weighted by atomic mass is 28.4. The van der Waals surface area contributed by atoms with Gasteiger partial charge in [-0.05, 0) is 56.1 Å². The van der Waals surface area contributed by atoms with Crippen LogP contribution in [0.4, 0.5) is 17.1 Å². The number of carbonyl (C=O) groups excluding carboxylic acids is 2. The third-order valence-corrected chi connectivity index (χ3v) is 11.0. The van der Waals surface area contributed by atoms with E-state index in [-0.39, 0.29) is 42.6 Å². The van der Waals surface area contributed by atoms with Crippen molar-refractivity contribution >= 4 is 37.2 Å². The van der Waals surface area contributed by atoms with Crippen LogP contribution in [-0.4, -0.2) is 54.2 Å². The van der Waals surface area contributed by atoms with Crippen LogP contribution in [0.15, 0.2) is 42.5 Å². The van der Waals surface area contributed by atoms with Crippen molar-refractivity contribution in [2.45, 2.75) is 69.5 Å². The highest BCUT2D eigenvalue weighted by Gasteiger charge is 2.66. The fourth-order valence-electron chi connectivity index (χ4n) is 6.82. The van der Waals surface area contributed by atoms with E-state index in [2.05, 4.69) is 0 Å². The second-order valence-corrected chi connectivity index (χ2v) is 15.4. The van der Waals surface area contributed by atoms with E-state index in [0.29, 0.717) is 24.2 Å². The number of piperidine rings is 1. The largest absolute Gasteiger partial charge is 0.432 e. The number of nitro groups is 1. The maximum absolute atomic E-state index is 14.4. The molecular formula is C28H35N3O7Si. The molecule has 2 aromatic carbocycles. The van der Waals surface area contributed by atoms with Crippen molar-refractivity contribution in [1.29, 1.82) is 0 Å². The summed E-state index contributed by atoms with van der Waals surface area (Å²) in [7, 11) is -2.88. The topological polar surface area (TPSA) is 133 Å². The molecule has 3 aliphatic rings. The fourth-order valence-corrected chi connectivity index (χ4v) is 9.42. The number of ether oxygens (including phenoxy) is 1. The molecule has 2 amide bonds. The minimum Gasteiger partial charge on any atom is -0.432 e. The molecule has 4 atom stereocenters. The number of nitrogens with zero attached hydrogens (tertiary/aromatic N) is 3. The molecule has 1 spiro atoms. The Balaban J connectivity index is 1.57. The molecule has 11 heteroatoms. The smallest absolute Gasteiger partial charge is 0.269 e. The Kier molecular flexibility index (Phi) is 7.12. The summed E-state index contributed by atoms with van der Waals surface area (Å²) in [4.78, 5) is 52.7.